The number of hydrogen-bond donors (Lipinski definition) is 1. The highest BCUT2D eigenvalue weighted by molar-refractivity contribution is 5.77. The first-order chi connectivity index (χ1) is 8.40. The van der Waals surface area contributed by atoms with E-state index < -0.39 is 0 Å². The van der Waals surface area contributed by atoms with Gasteiger partial charge in [-0.2, -0.15) is 0 Å². The summed E-state index contributed by atoms with van der Waals surface area (Å²) in [6.45, 7) is 5.00. The molecule has 1 N–H and O–H groups in total. The third-order valence-corrected chi connectivity index (χ3v) is 3.77. The molecule has 0 spiro atoms. The first-order valence-electron chi connectivity index (χ1n) is 6.66. The second-order valence-electron chi connectivity index (χ2n) is 4.79. The van der Waals surface area contributed by atoms with E-state index in [9.17, 15) is 0 Å². The Morgan fingerprint density at radius 3 is 3.24 bits per heavy atom. The summed E-state index contributed by atoms with van der Waals surface area (Å²) in [6.07, 6.45) is 3.89. The highest BCUT2D eigenvalue weighted by atomic mass is 16.5. The number of benzene rings is 1. The van der Waals surface area contributed by atoms with Crippen LogP contribution in [0.3, 0.4) is 0 Å². The molecule has 17 heavy (non-hydrogen) atoms. The van der Waals surface area contributed by atoms with Crippen LogP contribution in [-0.4, -0.2) is 25.7 Å². The summed E-state index contributed by atoms with van der Waals surface area (Å²) in [4.78, 5) is 2.55. The van der Waals surface area contributed by atoms with Gasteiger partial charge in [-0.05, 0) is 38.3 Å². The minimum Gasteiger partial charge on any atom is -0.492 e. The topological polar surface area (TPSA) is 24.5 Å². The Labute approximate surface area is 103 Å². The average molecular weight is 232 g/mol. The number of ether oxygens (including phenoxy) is 1. The van der Waals surface area contributed by atoms with Gasteiger partial charge in [-0.15, -0.1) is 0 Å². The maximum atomic E-state index is 5.72. The molecule has 92 valence electrons. The minimum atomic E-state index is 0.723. The van der Waals surface area contributed by atoms with Gasteiger partial charge >= 0.3 is 0 Å². The van der Waals surface area contributed by atoms with E-state index in [1.54, 1.807) is 0 Å². The molecule has 2 aliphatic heterocycles. The molecule has 0 bridgehead atoms. The lowest BCUT2D eigenvalue weighted by molar-refractivity contribution is 0.342. The van der Waals surface area contributed by atoms with Crippen LogP contribution in [0.5, 0.6) is 5.75 Å². The van der Waals surface area contributed by atoms with Crippen LogP contribution in [0.1, 0.15) is 26.2 Å². The van der Waals surface area contributed by atoms with Crippen molar-refractivity contribution in [1.82, 2.24) is 0 Å². The van der Waals surface area contributed by atoms with E-state index in [0.717, 1.165) is 24.9 Å². The van der Waals surface area contributed by atoms with Gasteiger partial charge in [0.05, 0.1) is 12.3 Å². The Morgan fingerprint density at radius 1 is 1.41 bits per heavy atom. The molecular formula is C14H20N2O. The van der Waals surface area contributed by atoms with E-state index in [1.165, 1.54) is 37.2 Å². The molecule has 1 aromatic rings. The first kappa shape index (κ1) is 10.8. The quantitative estimate of drug-likeness (QED) is 0.848. The first-order valence-corrected chi connectivity index (χ1v) is 6.66. The lowest BCUT2D eigenvalue weighted by Gasteiger charge is -2.26. The van der Waals surface area contributed by atoms with E-state index in [1.807, 2.05) is 6.92 Å². The second kappa shape index (κ2) is 4.47. The van der Waals surface area contributed by atoms with Crippen LogP contribution in [0.2, 0.25) is 0 Å². The molecular weight excluding hydrogens is 212 g/mol. The normalized spacial score (nSPS) is 22.4. The molecule has 2 heterocycles. The molecule has 1 aromatic carbocycles. The molecule has 3 rings (SSSR count). The number of hydrogen-bond acceptors (Lipinski definition) is 3. The second-order valence-corrected chi connectivity index (χ2v) is 4.79. The van der Waals surface area contributed by atoms with Crippen molar-refractivity contribution in [2.75, 3.05) is 29.9 Å². The van der Waals surface area contributed by atoms with Gasteiger partial charge in [-0.25, -0.2) is 0 Å². The van der Waals surface area contributed by atoms with Gasteiger partial charge in [0.25, 0.3) is 0 Å². The van der Waals surface area contributed by atoms with Crippen molar-refractivity contribution in [2.45, 2.75) is 32.2 Å². The van der Waals surface area contributed by atoms with Crippen LogP contribution in [0.4, 0.5) is 11.4 Å². The summed E-state index contributed by atoms with van der Waals surface area (Å²) >= 11 is 0. The van der Waals surface area contributed by atoms with E-state index in [2.05, 4.69) is 28.4 Å². The van der Waals surface area contributed by atoms with Crippen molar-refractivity contribution >= 4 is 11.4 Å². The molecule has 1 saturated heterocycles. The zero-order chi connectivity index (χ0) is 11.7. The van der Waals surface area contributed by atoms with E-state index in [4.69, 9.17) is 4.74 Å². The van der Waals surface area contributed by atoms with Crippen molar-refractivity contribution in [1.29, 1.82) is 0 Å². The van der Waals surface area contributed by atoms with Crippen molar-refractivity contribution in [3.05, 3.63) is 18.2 Å². The average Bonchev–Trinajstić information content (AvgIpc) is 2.73. The smallest absolute Gasteiger partial charge is 0.144 e. The largest absolute Gasteiger partial charge is 0.492 e. The van der Waals surface area contributed by atoms with Gasteiger partial charge in [0.15, 0.2) is 0 Å². The summed E-state index contributed by atoms with van der Waals surface area (Å²) in [5.74, 6) is 0.998. The standard InChI is InChI=1S/C14H20N2O/c1-2-17-13-7-3-6-12-14(13)15-9-8-11-5-4-10-16(11)12/h3,6-7,11,15H,2,4-5,8-10H2,1H3. The molecule has 0 aliphatic carbocycles. The van der Waals surface area contributed by atoms with Crippen LogP contribution in [0.25, 0.3) is 0 Å². The Bertz CT molecular complexity index is 405. The van der Waals surface area contributed by atoms with Crippen LogP contribution >= 0.6 is 0 Å². The number of anilines is 2. The number of nitrogens with one attached hydrogen (secondary N) is 1. The summed E-state index contributed by atoms with van der Waals surface area (Å²) in [6, 6.07) is 7.10. The van der Waals surface area contributed by atoms with Gasteiger partial charge in [0, 0.05) is 19.1 Å². The summed E-state index contributed by atoms with van der Waals surface area (Å²) in [7, 11) is 0. The number of rotatable bonds is 2. The molecule has 0 saturated carbocycles. The summed E-state index contributed by atoms with van der Waals surface area (Å²) in [5, 5.41) is 3.54. The highest BCUT2D eigenvalue weighted by Gasteiger charge is 2.29. The lowest BCUT2D eigenvalue weighted by Crippen LogP contribution is -2.28. The molecule has 1 atom stereocenters. The molecule has 3 nitrogen and oxygen atoms in total. The Balaban J connectivity index is 2.01. The fourth-order valence-electron chi connectivity index (χ4n) is 3.03. The fraction of sp³-hybridized carbons (Fsp3) is 0.571. The van der Waals surface area contributed by atoms with E-state index >= 15 is 0 Å². The Kier molecular flexibility index (Phi) is 2.83. The highest BCUT2D eigenvalue weighted by Crippen LogP contribution is 2.40. The summed E-state index contributed by atoms with van der Waals surface area (Å²) < 4.78 is 5.72. The van der Waals surface area contributed by atoms with Crippen LogP contribution in [-0.2, 0) is 0 Å². The predicted molar refractivity (Wildman–Crippen MR) is 71.1 cm³/mol. The molecule has 1 unspecified atom stereocenters. The van der Waals surface area contributed by atoms with Crippen molar-refractivity contribution in [3.63, 3.8) is 0 Å². The number of nitrogens with zero attached hydrogens (tertiary/aromatic N) is 1. The molecule has 3 heteroatoms. The van der Waals surface area contributed by atoms with Gasteiger partial charge in [0.2, 0.25) is 0 Å². The Hall–Kier alpha value is -1.38. The molecule has 2 aliphatic rings. The number of para-hydroxylation sites is 1. The van der Waals surface area contributed by atoms with Crippen molar-refractivity contribution < 1.29 is 4.74 Å². The van der Waals surface area contributed by atoms with Gasteiger partial charge < -0.3 is 15.0 Å². The van der Waals surface area contributed by atoms with E-state index in [0.29, 0.717) is 0 Å². The summed E-state index contributed by atoms with van der Waals surface area (Å²) in [5.41, 5.74) is 2.52. The van der Waals surface area contributed by atoms with Gasteiger partial charge in [-0.3, -0.25) is 0 Å². The van der Waals surface area contributed by atoms with Crippen LogP contribution in [0.15, 0.2) is 18.2 Å². The van der Waals surface area contributed by atoms with Crippen molar-refractivity contribution in [3.8, 4) is 5.75 Å². The van der Waals surface area contributed by atoms with Gasteiger partial charge in [-0.1, -0.05) is 6.07 Å². The molecule has 0 radical (unpaired) electrons. The third-order valence-electron chi connectivity index (χ3n) is 3.77. The predicted octanol–water partition coefficient (Wildman–Crippen LogP) is 2.87. The van der Waals surface area contributed by atoms with Crippen LogP contribution < -0.4 is 15.0 Å². The maximum Gasteiger partial charge on any atom is 0.144 e. The zero-order valence-corrected chi connectivity index (χ0v) is 10.4. The van der Waals surface area contributed by atoms with Crippen LogP contribution in [0, 0.1) is 0 Å². The molecule has 0 amide bonds. The van der Waals surface area contributed by atoms with Gasteiger partial charge in [0.1, 0.15) is 11.4 Å². The van der Waals surface area contributed by atoms with E-state index in [-0.39, 0.29) is 0 Å². The zero-order valence-electron chi connectivity index (χ0n) is 10.4. The molecule has 0 aromatic heterocycles. The number of fused-ring (bicyclic) bond motifs is 3. The van der Waals surface area contributed by atoms with Crippen molar-refractivity contribution in [2.24, 2.45) is 0 Å². The monoisotopic (exact) mass is 232 g/mol. The SMILES string of the molecule is CCOc1cccc2c1NCCC1CCCN21. The molecule has 1 fully saturated rings. The minimum absolute atomic E-state index is 0.723. The third kappa shape index (κ3) is 1.84. The Morgan fingerprint density at radius 2 is 2.35 bits per heavy atom. The fourth-order valence-corrected chi connectivity index (χ4v) is 3.03. The lowest BCUT2D eigenvalue weighted by atomic mass is 10.1. The maximum absolute atomic E-state index is 5.72.